The van der Waals surface area contributed by atoms with Gasteiger partial charge in [0.1, 0.15) is 5.82 Å². The molecule has 0 unspecified atom stereocenters. The topological polar surface area (TPSA) is 80.5 Å². The lowest BCUT2D eigenvalue weighted by molar-refractivity contribution is 0.166. The van der Waals surface area contributed by atoms with Crippen molar-refractivity contribution < 1.29 is 9.53 Å². The number of methoxy groups -OCH3 is 1. The van der Waals surface area contributed by atoms with E-state index in [-0.39, 0.29) is 12.1 Å². The summed E-state index contributed by atoms with van der Waals surface area (Å²) in [5.41, 5.74) is 2.04. The number of rotatable bonds is 4. The molecule has 2 N–H and O–H groups in total. The van der Waals surface area contributed by atoms with Gasteiger partial charge < -0.3 is 15.4 Å². The lowest BCUT2D eigenvalue weighted by Gasteiger charge is -2.16. The van der Waals surface area contributed by atoms with Crippen LogP contribution in [0.2, 0.25) is 0 Å². The van der Waals surface area contributed by atoms with Crippen LogP contribution in [0, 0.1) is 0 Å². The van der Waals surface area contributed by atoms with Gasteiger partial charge >= 0.3 is 6.09 Å². The van der Waals surface area contributed by atoms with E-state index < -0.39 is 0 Å². The van der Waals surface area contributed by atoms with Crippen LogP contribution in [0.3, 0.4) is 0 Å². The Bertz CT molecular complexity index is 724. The van der Waals surface area contributed by atoms with Crippen molar-refractivity contribution in [1.82, 2.24) is 19.9 Å². The number of carbonyl (C=O) groups excluding carboxylic acids is 1. The summed E-state index contributed by atoms with van der Waals surface area (Å²) in [6, 6.07) is 4.54. The van der Waals surface area contributed by atoms with Crippen molar-refractivity contribution in [3.8, 4) is 0 Å². The van der Waals surface area contributed by atoms with Gasteiger partial charge in [0, 0.05) is 35.8 Å². The van der Waals surface area contributed by atoms with E-state index in [4.69, 9.17) is 0 Å². The molecule has 2 heterocycles. The highest BCUT2D eigenvalue weighted by molar-refractivity contribution is 5.67. The minimum Gasteiger partial charge on any atom is -0.453 e. The molecule has 4 rings (SSSR count). The molecule has 0 bridgehead atoms. The van der Waals surface area contributed by atoms with Gasteiger partial charge in [-0.2, -0.15) is 9.61 Å². The second kappa shape index (κ2) is 5.72. The van der Waals surface area contributed by atoms with Crippen molar-refractivity contribution in [2.24, 2.45) is 0 Å². The zero-order chi connectivity index (χ0) is 15.8. The minimum atomic E-state index is -0.356. The van der Waals surface area contributed by atoms with Crippen LogP contribution in [-0.2, 0) is 4.74 Å². The van der Waals surface area contributed by atoms with Crippen LogP contribution in [0.5, 0.6) is 0 Å². The Morgan fingerprint density at radius 1 is 1.30 bits per heavy atom. The van der Waals surface area contributed by atoms with E-state index >= 15 is 0 Å². The molecular weight excluding hydrogens is 294 g/mol. The Hall–Kier alpha value is -2.31. The molecule has 0 saturated heterocycles. The lowest BCUT2D eigenvalue weighted by atomic mass is 10.2. The number of nitrogens with zero attached hydrogens (tertiary/aromatic N) is 3. The smallest absolute Gasteiger partial charge is 0.407 e. The maximum Gasteiger partial charge on any atom is 0.407 e. The van der Waals surface area contributed by atoms with Crippen molar-refractivity contribution in [3.05, 3.63) is 24.0 Å². The van der Waals surface area contributed by atoms with Gasteiger partial charge in [0.15, 0.2) is 5.65 Å². The summed E-state index contributed by atoms with van der Waals surface area (Å²) in [6.45, 7) is 0. The van der Waals surface area contributed by atoms with Crippen LogP contribution in [0.1, 0.15) is 43.7 Å². The molecule has 1 amide bonds. The molecule has 122 valence electrons. The molecular formula is C16H21N5O2. The Morgan fingerprint density at radius 2 is 2.13 bits per heavy atom. The van der Waals surface area contributed by atoms with E-state index in [1.807, 2.05) is 10.6 Å². The predicted octanol–water partition coefficient (Wildman–Crippen LogP) is 2.30. The molecule has 23 heavy (non-hydrogen) atoms. The summed E-state index contributed by atoms with van der Waals surface area (Å²) >= 11 is 0. The van der Waals surface area contributed by atoms with E-state index in [0.717, 1.165) is 36.4 Å². The molecule has 0 aromatic carbocycles. The molecule has 2 atom stereocenters. The molecule has 2 aliphatic rings. The van der Waals surface area contributed by atoms with E-state index in [1.54, 1.807) is 6.20 Å². The highest BCUT2D eigenvalue weighted by Crippen LogP contribution is 2.40. The third kappa shape index (κ3) is 2.95. The fraction of sp³-hybridized carbons (Fsp3) is 0.562. The van der Waals surface area contributed by atoms with Crippen molar-refractivity contribution in [1.29, 1.82) is 0 Å². The predicted molar refractivity (Wildman–Crippen MR) is 85.6 cm³/mol. The van der Waals surface area contributed by atoms with Crippen LogP contribution < -0.4 is 10.6 Å². The van der Waals surface area contributed by atoms with E-state index in [1.165, 1.54) is 20.0 Å². The number of amides is 1. The molecule has 0 spiro atoms. The monoisotopic (exact) mass is 315 g/mol. The third-order valence-corrected chi connectivity index (χ3v) is 4.67. The molecule has 0 aliphatic heterocycles. The number of ether oxygens (including phenoxy) is 1. The summed E-state index contributed by atoms with van der Waals surface area (Å²) < 4.78 is 6.52. The Balaban J connectivity index is 1.49. The number of nitrogens with one attached hydrogen (secondary N) is 2. The number of anilines is 1. The standard InChI is InChI=1S/C16H21N5O2/c1-23-16(22)19-12-5-4-11(8-12)18-15-9-13(10-2-3-10)20-14-6-7-17-21(14)15/h6-7,9-12,18H,2-5,8H2,1H3,(H,19,22)/t11-,12-/m0/s1. The quantitative estimate of drug-likeness (QED) is 0.905. The van der Waals surface area contributed by atoms with Crippen molar-refractivity contribution >= 4 is 17.6 Å². The average molecular weight is 315 g/mol. The van der Waals surface area contributed by atoms with Crippen LogP contribution >= 0.6 is 0 Å². The second-order valence-corrected chi connectivity index (χ2v) is 6.43. The largest absolute Gasteiger partial charge is 0.453 e. The van der Waals surface area contributed by atoms with Crippen molar-refractivity contribution in [2.75, 3.05) is 12.4 Å². The van der Waals surface area contributed by atoms with Gasteiger partial charge in [0.25, 0.3) is 0 Å². The molecule has 0 radical (unpaired) electrons. The first kappa shape index (κ1) is 14.3. The van der Waals surface area contributed by atoms with Crippen LogP contribution in [0.15, 0.2) is 18.3 Å². The second-order valence-electron chi connectivity index (χ2n) is 6.43. The highest BCUT2D eigenvalue weighted by Gasteiger charge is 2.29. The van der Waals surface area contributed by atoms with Gasteiger partial charge in [-0.3, -0.25) is 0 Å². The molecule has 2 aromatic heterocycles. The van der Waals surface area contributed by atoms with Gasteiger partial charge in [-0.1, -0.05) is 0 Å². The van der Waals surface area contributed by atoms with Crippen molar-refractivity contribution in [3.63, 3.8) is 0 Å². The number of alkyl carbamates (subject to hydrolysis) is 1. The molecule has 7 nitrogen and oxygen atoms in total. The maximum absolute atomic E-state index is 11.3. The molecule has 2 saturated carbocycles. The number of carbonyl (C=O) groups is 1. The summed E-state index contributed by atoms with van der Waals surface area (Å²) in [5, 5.41) is 10.8. The zero-order valence-corrected chi connectivity index (χ0v) is 13.2. The first-order valence-corrected chi connectivity index (χ1v) is 8.18. The van der Waals surface area contributed by atoms with Crippen molar-refractivity contribution in [2.45, 2.75) is 50.1 Å². The first-order chi connectivity index (χ1) is 11.2. The van der Waals surface area contributed by atoms with E-state index in [0.29, 0.717) is 12.0 Å². The fourth-order valence-corrected chi connectivity index (χ4v) is 3.30. The van der Waals surface area contributed by atoms with Crippen LogP contribution in [0.4, 0.5) is 10.6 Å². The summed E-state index contributed by atoms with van der Waals surface area (Å²) in [5.74, 6) is 1.60. The number of aromatic nitrogens is 3. The Kier molecular flexibility index (Phi) is 3.55. The first-order valence-electron chi connectivity index (χ1n) is 8.18. The average Bonchev–Trinajstić information content (AvgIpc) is 3.14. The third-order valence-electron chi connectivity index (χ3n) is 4.67. The zero-order valence-electron chi connectivity index (χ0n) is 13.2. The molecule has 2 aliphatic carbocycles. The number of hydrogen-bond acceptors (Lipinski definition) is 5. The Morgan fingerprint density at radius 3 is 2.91 bits per heavy atom. The lowest BCUT2D eigenvalue weighted by Crippen LogP contribution is -2.33. The normalized spacial score (nSPS) is 23.9. The summed E-state index contributed by atoms with van der Waals surface area (Å²) in [4.78, 5) is 16.0. The number of hydrogen-bond donors (Lipinski definition) is 2. The minimum absolute atomic E-state index is 0.165. The van der Waals surface area contributed by atoms with Crippen LogP contribution in [-0.4, -0.2) is 39.9 Å². The SMILES string of the molecule is COC(=O)N[C@H]1CC[C@H](Nc2cc(C3CC3)nc3ccnn23)C1. The summed E-state index contributed by atoms with van der Waals surface area (Å²) in [7, 11) is 1.39. The summed E-state index contributed by atoms with van der Waals surface area (Å²) in [6.07, 6.45) is 6.73. The highest BCUT2D eigenvalue weighted by atomic mass is 16.5. The molecule has 7 heteroatoms. The van der Waals surface area contributed by atoms with Crippen LogP contribution in [0.25, 0.3) is 5.65 Å². The van der Waals surface area contributed by atoms with E-state index in [2.05, 4.69) is 31.5 Å². The molecule has 2 fully saturated rings. The van der Waals surface area contributed by atoms with Gasteiger partial charge in [-0.25, -0.2) is 9.78 Å². The van der Waals surface area contributed by atoms with Gasteiger partial charge in [0.05, 0.1) is 13.3 Å². The number of fused-ring (bicyclic) bond motifs is 1. The van der Waals surface area contributed by atoms with Gasteiger partial charge in [0.2, 0.25) is 0 Å². The van der Waals surface area contributed by atoms with Gasteiger partial charge in [-0.05, 0) is 32.1 Å². The van der Waals surface area contributed by atoms with E-state index in [9.17, 15) is 4.79 Å². The fourth-order valence-electron chi connectivity index (χ4n) is 3.30. The Labute approximate surface area is 134 Å². The van der Waals surface area contributed by atoms with Gasteiger partial charge in [-0.15, -0.1) is 0 Å². The molecule has 2 aromatic rings. The maximum atomic E-state index is 11.3.